The summed E-state index contributed by atoms with van der Waals surface area (Å²) in [6.45, 7) is 13.1. The molecule has 0 bridgehead atoms. The van der Waals surface area contributed by atoms with Crippen molar-refractivity contribution in [1.29, 1.82) is 0 Å². The Kier molecular flexibility index (Phi) is 5.41. The molecule has 0 spiro atoms. The topological polar surface area (TPSA) is 34.9 Å². The molecule has 0 amide bonds. The fraction of sp³-hybridized carbons (Fsp3) is 0.500. The summed E-state index contributed by atoms with van der Waals surface area (Å²) >= 11 is 0. The highest BCUT2D eigenvalue weighted by atomic mass is 16.2. The van der Waals surface area contributed by atoms with Crippen LogP contribution in [0.5, 0.6) is 0 Å². The van der Waals surface area contributed by atoms with E-state index in [1.54, 1.807) is 10.8 Å². The summed E-state index contributed by atoms with van der Waals surface area (Å²) in [6, 6.07) is 10.3. The number of fused-ring (bicyclic) bond motifs is 1. The first-order valence-electron chi connectivity index (χ1n) is 10.1. The van der Waals surface area contributed by atoms with Gasteiger partial charge in [0.05, 0.1) is 11.4 Å². The van der Waals surface area contributed by atoms with E-state index in [-0.39, 0.29) is 11.3 Å². The Labute approximate surface area is 163 Å². The third kappa shape index (κ3) is 4.07. The number of hydrogen-bond donors (Lipinski definition) is 0. The number of hydrogen-bond acceptors (Lipinski definition) is 2. The van der Waals surface area contributed by atoms with Gasteiger partial charge in [-0.3, -0.25) is 4.79 Å². The second kappa shape index (κ2) is 7.46. The lowest BCUT2D eigenvalue weighted by atomic mass is 9.75. The number of nitrogens with zero attached hydrogens (tertiary/aromatic N) is 2. The van der Waals surface area contributed by atoms with Crippen molar-refractivity contribution in [2.24, 2.45) is 11.3 Å². The lowest BCUT2D eigenvalue weighted by molar-refractivity contribution is 0.0945. The predicted molar refractivity (Wildman–Crippen MR) is 112 cm³/mol. The highest BCUT2D eigenvalue weighted by molar-refractivity contribution is 5.91. The molecular formula is C24H32N2O. The Morgan fingerprint density at radius 3 is 2.44 bits per heavy atom. The molecule has 3 rings (SSSR count). The van der Waals surface area contributed by atoms with Crippen LogP contribution in [0.1, 0.15) is 82.3 Å². The molecule has 1 heterocycles. The van der Waals surface area contributed by atoms with Gasteiger partial charge in [-0.2, -0.15) is 5.10 Å². The van der Waals surface area contributed by atoms with Crippen molar-refractivity contribution in [3.8, 4) is 11.3 Å². The van der Waals surface area contributed by atoms with Crippen LogP contribution in [0.3, 0.4) is 0 Å². The smallest absolute Gasteiger partial charge is 0.267 e. The minimum Gasteiger partial charge on any atom is -0.267 e. The maximum atomic E-state index is 13.1. The minimum atomic E-state index is -0.0388. The number of carbonyl (C=O) groups excluding carboxylic acids is 1. The van der Waals surface area contributed by atoms with Gasteiger partial charge in [0.2, 0.25) is 0 Å². The fourth-order valence-electron chi connectivity index (χ4n) is 4.01. The molecule has 1 aliphatic rings. The van der Waals surface area contributed by atoms with Gasteiger partial charge in [0, 0.05) is 23.1 Å². The number of rotatable bonds is 3. The molecule has 1 aliphatic carbocycles. The number of carbonyl (C=O) groups is 1. The van der Waals surface area contributed by atoms with Crippen LogP contribution in [0.4, 0.5) is 0 Å². The number of benzene rings is 1. The van der Waals surface area contributed by atoms with Crippen LogP contribution in [0, 0.1) is 11.3 Å². The van der Waals surface area contributed by atoms with Crippen molar-refractivity contribution in [2.45, 2.75) is 66.2 Å². The summed E-state index contributed by atoms with van der Waals surface area (Å²) in [5, 5.41) is 4.86. The molecular weight excluding hydrogens is 332 g/mol. The first kappa shape index (κ1) is 19.6. The maximum Gasteiger partial charge on any atom is 0.270 e. The molecule has 2 aromatic rings. The molecule has 144 valence electrons. The van der Waals surface area contributed by atoms with Gasteiger partial charge in [0.15, 0.2) is 0 Å². The molecule has 27 heavy (non-hydrogen) atoms. The van der Waals surface area contributed by atoms with E-state index in [0.29, 0.717) is 17.8 Å². The van der Waals surface area contributed by atoms with Crippen LogP contribution in [0.2, 0.25) is 0 Å². The molecule has 0 aliphatic heterocycles. The Balaban J connectivity index is 2.19. The van der Waals surface area contributed by atoms with Gasteiger partial charge in [-0.25, -0.2) is 4.68 Å². The van der Waals surface area contributed by atoms with Gasteiger partial charge in [-0.05, 0) is 30.1 Å². The Morgan fingerprint density at radius 1 is 1.19 bits per heavy atom. The van der Waals surface area contributed by atoms with Crippen molar-refractivity contribution >= 4 is 5.91 Å². The van der Waals surface area contributed by atoms with Crippen molar-refractivity contribution < 1.29 is 4.79 Å². The van der Waals surface area contributed by atoms with E-state index >= 15 is 0 Å². The van der Waals surface area contributed by atoms with Crippen LogP contribution in [0.25, 0.3) is 11.3 Å². The third-order valence-corrected chi connectivity index (χ3v) is 5.50. The SMILES string of the molecule is CC(C)[C@@H]1CC[C@H](C)c2c(-c3ccccc3)nn(C(=O)/C=C/C(C)(C)C)c21. The Hall–Kier alpha value is -2.16. The summed E-state index contributed by atoms with van der Waals surface area (Å²) in [5.41, 5.74) is 4.43. The zero-order chi connectivity index (χ0) is 19.8. The highest BCUT2D eigenvalue weighted by Crippen LogP contribution is 2.46. The molecule has 1 aromatic heterocycles. The van der Waals surface area contributed by atoms with Gasteiger partial charge in [0.25, 0.3) is 5.91 Å². The summed E-state index contributed by atoms with van der Waals surface area (Å²) < 4.78 is 1.69. The molecule has 0 fully saturated rings. The van der Waals surface area contributed by atoms with Gasteiger partial charge >= 0.3 is 0 Å². The van der Waals surface area contributed by atoms with E-state index in [4.69, 9.17) is 5.10 Å². The van der Waals surface area contributed by atoms with Crippen molar-refractivity contribution in [2.75, 3.05) is 0 Å². The lowest BCUT2D eigenvalue weighted by Gasteiger charge is -2.30. The third-order valence-electron chi connectivity index (χ3n) is 5.50. The summed E-state index contributed by atoms with van der Waals surface area (Å²) in [4.78, 5) is 13.1. The minimum absolute atomic E-state index is 0.0319. The zero-order valence-corrected chi connectivity index (χ0v) is 17.5. The zero-order valence-electron chi connectivity index (χ0n) is 17.5. The molecule has 0 N–H and O–H groups in total. The van der Waals surface area contributed by atoms with Crippen LogP contribution in [0.15, 0.2) is 42.5 Å². The largest absolute Gasteiger partial charge is 0.270 e. The first-order valence-corrected chi connectivity index (χ1v) is 10.1. The monoisotopic (exact) mass is 364 g/mol. The Bertz CT molecular complexity index is 837. The fourth-order valence-corrected chi connectivity index (χ4v) is 4.01. The first-order chi connectivity index (χ1) is 12.7. The van der Waals surface area contributed by atoms with E-state index in [1.165, 1.54) is 5.56 Å². The van der Waals surface area contributed by atoms with Crippen molar-refractivity contribution in [3.05, 3.63) is 53.7 Å². The standard InChI is InChI=1S/C24H32N2O/c1-16(2)19-13-12-17(3)21-22(18-10-8-7-9-11-18)25-26(23(19)21)20(27)14-15-24(4,5)6/h7-11,14-17,19H,12-13H2,1-6H3/b15-14+/t17-,19-/m0/s1. The summed E-state index contributed by atoms with van der Waals surface area (Å²) in [7, 11) is 0. The van der Waals surface area contributed by atoms with Gasteiger partial charge in [-0.1, -0.05) is 78.0 Å². The average molecular weight is 365 g/mol. The molecule has 3 nitrogen and oxygen atoms in total. The van der Waals surface area contributed by atoms with E-state index in [0.717, 1.165) is 29.8 Å². The number of aromatic nitrogens is 2. The second-order valence-corrected chi connectivity index (χ2v) is 9.29. The van der Waals surface area contributed by atoms with E-state index in [1.807, 2.05) is 24.3 Å². The molecule has 3 heteroatoms. The molecule has 0 saturated carbocycles. The van der Waals surface area contributed by atoms with Gasteiger partial charge < -0.3 is 0 Å². The van der Waals surface area contributed by atoms with Crippen LogP contribution in [-0.2, 0) is 0 Å². The van der Waals surface area contributed by atoms with Crippen LogP contribution in [-0.4, -0.2) is 15.7 Å². The predicted octanol–water partition coefficient (Wildman–Crippen LogP) is 6.43. The Morgan fingerprint density at radius 2 is 1.85 bits per heavy atom. The highest BCUT2D eigenvalue weighted by Gasteiger charge is 2.35. The molecule has 0 saturated heterocycles. The summed E-state index contributed by atoms with van der Waals surface area (Å²) in [5.74, 6) is 1.23. The second-order valence-electron chi connectivity index (χ2n) is 9.29. The van der Waals surface area contributed by atoms with Gasteiger partial charge in [0.1, 0.15) is 0 Å². The van der Waals surface area contributed by atoms with Crippen molar-refractivity contribution in [3.63, 3.8) is 0 Å². The lowest BCUT2D eigenvalue weighted by Crippen LogP contribution is -2.23. The maximum absolute atomic E-state index is 13.1. The molecule has 2 atom stereocenters. The average Bonchev–Trinajstić information content (AvgIpc) is 3.01. The van der Waals surface area contributed by atoms with E-state index in [2.05, 4.69) is 53.7 Å². The summed E-state index contributed by atoms with van der Waals surface area (Å²) in [6.07, 6.45) is 5.93. The molecule has 0 radical (unpaired) electrons. The molecule has 0 unspecified atom stereocenters. The van der Waals surface area contributed by atoms with E-state index < -0.39 is 0 Å². The molecule has 1 aromatic carbocycles. The number of allylic oxidation sites excluding steroid dienone is 2. The van der Waals surface area contributed by atoms with Crippen LogP contribution < -0.4 is 0 Å². The van der Waals surface area contributed by atoms with Crippen LogP contribution >= 0.6 is 0 Å². The normalized spacial score (nSPS) is 20.3. The van der Waals surface area contributed by atoms with Gasteiger partial charge in [-0.15, -0.1) is 0 Å². The van der Waals surface area contributed by atoms with E-state index in [9.17, 15) is 4.79 Å². The van der Waals surface area contributed by atoms with Crippen molar-refractivity contribution in [1.82, 2.24) is 9.78 Å². The quantitative estimate of drug-likeness (QED) is 0.588.